The lowest BCUT2D eigenvalue weighted by molar-refractivity contribution is 0.0509. The van der Waals surface area contributed by atoms with E-state index in [4.69, 9.17) is 4.74 Å². The molecule has 6 heteroatoms. The molecular formula is C17H19N3O2S. The summed E-state index contributed by atoms with van der Waals surface area (Å²) in [6.07, 6.45) is 2.96. The van der Waals surface area contributed by atoms with Crippen molar-refractivity contribution in [3.8, 4) is 17.3 Å². The Labute approximate surface area is 139 Å². The summed E-state index contributed by atoms with van der Waals surface area (Å²) < 4.78 is 5.74. The van der Waals surface area contributed by atoms with Gasteiger partial charge < -0.3 is 9.72 Å². The number of nitriles is 1. The van der Waals surface area contributed by atoms with Crippen LogP contribution in [0.5, 0.6) is 0 Å². The molecule has 5 nitrogen and oxygen atoms in total. The Kier molecular flexibility index (Phi) is 5.97. The van der Waals surface area contributed by atoms with Gasteiger partial charge in [-0.1, -0.05) is 36.9 Å². The van der Waals surface area contributed by atoms with Crippen LogP contribution in [-0.2, 0) is 11.3 Å². The van der Waals surface area contributed by atoms with E-state index < -0.39 is 5.56 Å². The van der Waals surface area contributed by atoms with Gasteiger partial charge in [0, 0.05) is 5.56 Å². The van der Waals surface area contributed by atoms with Crippen LogP contribution in [0.2, 0.25) is 0 Å². The molecule has 0 aliphatic rings. The van der Waals surface area contributed by atoms with Gasteiger partial charge in [0.1, 0.15) is 11.6 Å². The maximum absolute atomic E-state index is 12.0. The molecule has 0 radical (unpaired) electrons. The van der Waals surface area contributed by atoms with Gasteiger partial charge in [0.2, 0.25) is 0 Å². The zero-order valence-corrected chi connectivity index (χ0v) is 14.2. The third-order valence-corrected chi connectivity index (χ3v) is 4.09. The van der Waals surface area contributed by atoms with Crippen molar-refractivity contribution >= 4 is 11.8 Å². The van der Waals surface area contributed by atoms with Crippen LogP contribution in [0.15, 0.2) is 34.2 Å². The molecule has 1 unspecified atom stereocenters. The molecule has 0 saturated carbocycles. The minimum Gasteiger partial charge on any atom is -0.374 e. The van der Waals surface area contributed by atoms with E-state index in [1.807, 2.05) is 43.5 Å². The fourth-order valence-corrected chi connectivity index (χ4v) is 2.40. The number of aromatic amines is 1. The highest BCUT2D eigenvalue weighted by molar-refractivity contribution is 7.98. The van der Waals surface area contributed by atoms with Gasteiger partial charge in [-0.15, -0.1) is 0 Å². The summed E-state index contributed by atoms with van der Waals surface area (Å²) in [5.41, 5.74) is 1.75. The maximum atomic E-state index is 12.0. The highest BCUT2D eigenvalue weighted by Crippen LogP contribution is 2.22. The van der Waals surface area contributed by atoms with Crippen molar-refractivity contribution < 1.29 is 4.74 Å². The molecule has 0 amide bonds. The topological polar surface area (TPSA) is 78.8 Å². The number of nitrogens with one attached hydrogen (secondary N) is 1. The number of hydrogen-bond acceptors (Lipinski definition) is 5. The van der Waals surface area contributed by atoms with E-state index in [2.05, 4.69) is 16.9 Å². The third-order valence-electron chi connectivity index (χ3n) is 3.51. The number of H-pyrrole nitrogens is 1. The number of nitrogens with zero attached hydrogens (tertiary/aromatic N) is 2. The molecule has 2 aromatic rings. The number of ether oxygens (including phenoxy) is 1. The molecule has 1 aromatic heterocycles. The van der Waals surface area contributed by atoms with Crippen LogP contribution in [0.25, 0.3) is 11.3 Å². The second-order valence-corrected chi connectivity index (χ2v) is 5.94. The van der Waals surface area contributed by atoms with E-state index >= 15 is 0 Å². The van der Waals surface area contributed by atoms with Crippen molar-refractivity contribution in [3.63, 3.8) is 0 Å². The van der Waals surface area contributed by atoms with Crippen LogP contribution in [-0.4, -0.2) is 22.3 Å². The van der Waals surface area contributed by atoms with Gasteiger partial charge in [-0.2, -0.15) is 5.26 Å². The summed E-state index contributed by atoms with van der Waals surface area (Å²) in [7, 11) is 0. The number of benzene rings is 1. The number of rotatable bonds is 6. The van der Waals surface area contributed by atoms with Crippen LogP contribution in [0.3, 0.4) is 0 Å². The van der Waals surface area contributed by atoms with Gasteiger partial charge in [-0.05, 0) is 31.2 Å². The van der Waals surface area contributed by atoms with Crippen LogP contribution in [0.4, 0.5) is 0 Å². The second kappa shape index (κ2) is 7.95. The lowest BCUT2D eigenvalue weighted by atomic mass is 10.1. The summed E-state index contributed by atoms with van der Waals surface area (Å²) in [5.74, 6) is 0. The van der Waals surface area contributed by atoms with Crippen molar-refractivity contribution in [2.45, 2.75) is 38.1 Å². The van der Waals surface area contributed by atoms with Gasteiger partial charge in [0.15, 0.2) is 5.16 Å². The highest BCUT2D eigenvalue weighted by atomic mass is 32.2. The summed E-state index contributed by atoms with van der Waals surface area (Å²) >= 11 is 1.33. The Morgan fingerprint density at radius 1 is 1.48 bits per heavy atom. The monoisotopic (exact) mass is 329 g/mol. The summed E-state index contributed by atoms with van der Waals surface area (Å²) in [4.78, 5) is 19.0. The lowest BCUT2D eigenvalue weighted by Gasteiger charge is -2.11. The Morgan fingerprint density at radius 2 is 2.26 bits per heavy atom. The molecule has 2 rings (SSSR count). The van der Waals surface area contributed by atoms with Crippen LogP contribution < -0.4 is 5.56 Å². The van der Waals surface area contributed by atoms with E-state index in [0.717, 1.165) is 17.5 Å². The van der Waals surface area contributed by atoms with Crippen molar-refractivity contribution in [3.05, 3.63) is 45.7 Å². The molecule has 1 atom stereocenters. The first-order valence-corrected chi connectivity index (χ1v) is 8.60. The molecule has 0 aliphatic carbocycles. The minimum absolute atomic E-state index is 0.0304. The molecule has 0 bridgehead atoms. The quantitative estimate of drug-likeness (QED) is 0.649. The largest absolute Gasteiger partial charge is 0.374 e. The predicted octanol–water partition coefficient (Wildman–Crippen LogP) is 3.35. The number of aromatic nitrogens is 2. The number of thioether (sulfide) groups is 1. The average molecular weight is 329 g/mol. The average Bonchev–Trinajstić information content (AvgIpc) is 2.59. The smallest absolute Gasteiger partial charge is 0.270 e. The lowest BCUT2D eigenvalue weighted by Crippen LogP contribution is -2.14. The first kappa shape index (κ1) is 17.3. The molecule has 0 fully saturated rings. The van der Waals surface area contributed by atoms with Gasteiger partial charge in [-0.3, -0.25) is 4.79 Å². The van der Waals surface area contributed by atoms with Gasteiger partial charge in [0.25, 0.3) is 5.56 Å². The van der Waals surface area contributed by atoms with E-state index in [1.54, 1.807) is 0 Å². The minimum atomic E-state index is -0.414. The molecule has 0 spiro atoms. The van der Waals surface area contributed by atoms with E-state index in [9.17, 15) is 10.1 Å². The maximum Gasteiger partial charge on any atom is 0.270 e. The van der Waals surface area contributed by atoms with E-state index in [0.29, 0.717) is 17.5 Å². The Morgan fingerprint density at radius 3 is 2.91 bits per heavy atom. The van der Waals surface area contributed by atoms with Gasteiger partial charge >= 0.3 is 0 Å². The van der Waals surface area contributed by atoms with Gasteiger partial charge in [-0.25, -0.2) is 4.98 Å². The first-order valence-electron chi connectivity index (χ1n) is 7.38. The van der Waals surface area contributed by atoms with Crippen LogP contribution in [0.1, 0.15) is 31.4 Å². The summed E-state index contributed by atoms with van der Waals surface area (Å²) in [6.45, 7) is 4.59. The van der Waals surface area contributed by atoms with E-state index in [-0.39, 0.29) is 11.7 Å². The molecule has 0 saturated heterocycles. The standard InChI is InChI=1S/C17H19N3O2S/c1-4-11(2)22-10-12-6-5-7-13(8-12)15-14(9-18)16(21)20-17(19-15)23-3/h5-8,11H,4,10H2,1-3H3,(H,19,20,21). The molecule has 23 heavy (non-hydrogen) atoms. The zero-order chi connectivity index (χ0) is 16.8. The molecule has 1 N–H and O–H groups in total. The Balaban J connectivity index is 2.41. The van der Waals surface area contributed by atoms with Gasteiger partial charge in [0.05, 0.1) is 18.4 Å². The van der Waals surface area contributed by atoms with Crippen LogP contribution >= 0.6 is 11.8 Å². The predicted molar refractivity (Wildman–Crippen MR) is 91.3 cm³/mol. The zero-order valence-electron chi connectivity index (χ0n) is 13.4. The first-order chi connectivity index (χ1) is 11.1. The number of hydrogen-bond donors (Lipinski definition) is 1. The Bertz CT molecular complexity index is 780. The summed E-state index contributed by atoms with van der Waals surface area (Å²) in [5, 5.41) is 9.75. The molecule has 0 aliphatic heterocycles. The molecular weight excluding hydrogens is 310 g/mol. The molecule has 1 heterocycles. The van der Waals surface area contributed by atoms with Crippen molar-refractivity contribution in [1.29, 1.82) is 5.26 Å². The van der Waals surface area contributed by atoms with E-state index in [1.165, 1.54) is 11.8 Å². The Hall–Kier alpha value is -2.10. The third kappa shape index (κ3) is 4.21. The van der Waals surface area contributed by atoms with Crippen molar-refractivity contribution in [1.82, 2.24) is 9.97 Å². The second-order valence-electron chi connectivity index (χ2n) is 5.14. The molecule has 120 valence electrons. The fraction of sp³-hybridized carbons (Fsp3) is 0.353. The summed E-state index contributed by atoms with van der Waals surface area (Å²) in [6, 6.07) is 9.55. The fourth-order valence-electron chi connectivity index (χ4n) is 2.03. The SMILES string of the molecule is CCC(C)OCc1cccc(-c2nc(SC)[nH]c(=O)c2C#N)c1. The van der Waals surface area contributed by atoms with Crippen LogP contribution in [0, 0.1) is 11.3 Å². The molecule has 1 aromatic carbocycles. The normalized spacial score (nSPS) is 11.9. The van der Waals surface area contributed by atoms with Crippen molar-refractivity contribution in [2.24, 2.45) is 0 Å². The van der Waals surface area contributed by atoms with Crippen molar-refractivity contribution in [2.75, 3.05) is 6.26 Å². The highest BCUT2D eigenvalue weighted by Gasteiger charge is 2.13.